The molecule has 0 fully saturated rings. The van der Waals surface area contributed by atoms with Crippen molar-refractivity contribution in [3.8, 4) is 11.5 Å². The molecule has 0 bridgehead atoms. The first-order valence-electron chi connectivity index (χ1n) is 12.5. The lowest BCUT2D eigenvalue weighted by Crippen LogP contribution is -2.39. The summed E-state index contributed by atoms with van der Waals surface area (Å²) in [5.74, 6) is 1.60. The number of ether oxygens (including phenoxy) is 2. The zero-order valence-electron chi connectivity index (χ0n) is 21.1. The molecule has 2 aliphatic rings. The summed E-state index contributed by atoms with van der Waals surface area (Å²) in [4.78, 5) is 19.9. The van der Waals surface area contributed by atoms with E-state index in [0.29, 0.717) is 15.9 Å². The number of para-hydroxylation sites is 1. The number of hydrogen-bond acceptors (Lipinski definition) is 5. The lowest BCUT2D eigenvalue weighted by molar-refractivity contribution is 0.358. The Hall–Kier alpha value is -2.70. The second-order valence-corrected chi connectivity index (χ2v) is 12.6. The summed E-state index contributed by atoms with van der Waals surface area (Å²) in [5, 5.41) is 0. The molecule has 8 heteroatoms. The molecule has 1 aliphatic carbocycles. The van der Waals surface area contributed by atoms with Crippen LogP contribution in [0.3, 0.4) is 0 Å². The molecule has 1 aromatic heterocycles. The second kappa shape index (κ2) is 11.1. The maximum atomic E-state index is 14.1. The summed E-state index contributed by atoms with van der Waals surface area (Å²) >= 11 is 5.99. The summed E-state index contributed by atoms with van der Waals surface area (Å²) in [6.45, 7) is 4.18. The van der Waals surface area contributed by atoms with Crippen LogP contribution in [-0.2, 0) is 6.42 Å². The summed E-state index contributed by atoms with van der Waals surface area (Å²) in [6.07, 6.45) is 5.45. The van der Waals surface area contributed by atoms with Crippen LogP contribution in [0.25, 0.3) is 11.8 Å². The van der Waals surface area contributed by atoms with Gasteiger partial charge < -0.3 is 9.47 Å². The Morgan fingerprint density at radius 2 is 1.85 bits per heavy atom. The fraction of sp³-hybridized carbons (Fsp3) is 0.161. The average Bonchev–Trinajstić information content (AvgIpc) is 3.25. The number of hydrogen-bond donors (Lipinski definition) is 0. The van der Waals surface area contributed by atoms with Gasteiger partial charge in [-0.25, -0.2) is 4.99 Å². The van der Waals surface area contributed by atoms with Gasteiger partial charge in [0, 0.05) is 11.1 Å². The van der Waals surface area contributed by atoms with Crippen molar-refractivity contribution in [2.75, 3.05) is 13.7 Å². The molecule has 1 atom stereocenters. The first-order valence-corrected chi connectivity index (χ1v) is 15.5. The Bertz CT molecular complexity index is 1810. The van der Waals surface area contributed by atoms with Gasteiger partial charge in [0.05, 0.1) is 30.5 Å². The molecule has 3 aromatic carbocycles. The molecule has 2 heterocycles. The van der Waals surface area contributed by atoms with Gasteiger partial charge in [0.2, 0.25) is 0 Å². The SMILES string of the molecule is C=CCOc1c(I)cc(/C=c2\sc3n(c2=O)[C@@H](c2ccccc2OC)C2=C(N=3)c3ccccc3CC2)cc1I. The van der Waals surface area contributed by atoms with Crippen LogP contribution in [-0.4, -0.2) is 18.3 Å². The van der Waals surface area contributed by atoms with Crippen LogP contribution in [0, 0.1) is 7.14 Å². The Kier molecular flexibility index (Phi) is 7.52. The van der Waals surface area contributed by atoms with E-state index >= 15 is 0 Å². The highest BCUT2D eigenvalue weighted by atomic mass is 127. The van der Waals surface area contributed by atoms with Crippen LogP contribution in [0.1, 0.15) is 34.7 Å². The van der Waals surface area contributed by atoms with E-state index in [-0.39, 0.29) is 11.6 Å². The van der Waals surface area contributed by atoms with Gasteiger partial charge in [-0.2, -0.15) is 0 Å². The number of aryl methyl sites for hydroxylation is 1. The van der Waals surface area contributed by atoms with E-state index in [1.54, 1.807) is 13.2 Å². The summed E-state index contributed by atoms with van der Waals surface area (Å²) in [5.41, 5.74) is 6.46. The number of benzene rings is 3. The average molecular weight is 758 g/mol. The van der Waals surface area contributed by atoms with Gasteiger partial charge in [-0.15, -0.1) is 0 Å². The third-order valence-electron chi connectivity index (χ3n) is 6.97. The molecule has 5 nitrogen and oxygen atoms in total. The highest BCUT2D eigenvalue weighted by molar-refractivity contribution is 14.1. The van der Waals surface area contributed by atoms with Gasteiger partial charge in [-0.1, -0.05) is 66.5 Å². The number of halogens is 2. The van der Waals surface area contributed by atoms with E-state index in [9.17, 15) is 4.79 Å². The van der Waals surface area contributed by atoms with Crippen molar-refractivity contribution in [2.45, 2.75) is 18.9 Å². The summed E-state index contributed by atoms with van der Waals surface area (Å²) in [7, 11) is 1.68. The minimum atomic E-state index is -0.280. The highest BCUT2D eigenvalue weighted by Crippen LogP contribution is 2.43. The van der Waals surface area contributed by atoms with Crippen molar-refractivity contribution >= 4 is 68.3 Å². The van der Waals surface area contributed by atoms with Crippen molar-refractivity contribution in [1.82, 2.24) is 4.57 Å². The molecule has 1 aliphatic heterocycles. The summed E-state index contributed by atoms with van der Waals surface area (Å²) in [6, 6.07) is 20.2. The van der Waals surface area contributed by atoms with E-state index in [0.717, 1.165) is 59.4 Å². The van der Waals surface area contributed by atoms with E-state index in [2.05, 4.69) is 82.1 Å². The Morgan fingerprint density at radius 3 is 2.62 bits per heavy atom. The predicted molar refractivity (Wildman–Crippen MR) is 173 cm³/mol. The number of methoxy groups -OCH3 is 1. The van der Waals surface area contributed by atoms with Crippen LogP contribution in [0.4, 0.5) is 0 Å². The zero-order valence-corrected chi connectivity index (χ0v) is 26.2. The fourth-order valence-corrected chi connectivity index (χ4v) is 8.41. The molecule has 0 amide bonds. The number of allylic oxidation sites excluding steroid dienone is 1. The van der Waals surface area contributed by atoms with Crippen LogP contribution < -0.4 is 24.4 Å². The maximum absolute atomic E-state index is 14.1. The largest absolute Gasteiger partial charge is 0.496 e. The minimum absolute atomic E-state index is 0.0444. The maximum Gasteiger partial charge on any atom is 0.271 e. The fourth-order valence-electron chi connectivity index (χ4n) is 5.29. The minimum Gasteiger partial charge on any atom is -0.496 e. The molecule has 0 saturated carbocycles. The highest BCUT2D eigenvalue weighted by Gasteiger charge is 2.34. The number of aromatic nitrogens is 1. The van der Waals surface area contributed by atoms with Crippen molar-refractivity contribution < 1.29 is 9.47 Å². The first-order chi connectivity index (χ1) is 19.0. The molecular formula is C31H24I2N2O3S. The molecular weight excluding hydrogens is 734 g/mol. The van der Waals surface area contributed by atoms with Gasteiger partial charge in [0.1, 0.15) is 18.1 Å². The van der Waals surface area contributed by atoms with Crippen LogP contribution in [0.5, 0.6) is 11.5 Å². The van der Waals surface area contributed by atoms with Crippen molar-refractivity contribution in [2.24, 2.45) is 4.99 Å². The standard InChI is InChI=1S/C31H24I2N2O3S/c1-3-14-38-29-23(32)15-18(16-24(29)33)17-26-30(36)35-28(21-10-6-7-11-25(21)37-2)22-13-12-19-8-4-5-9-20(19)27(22)34-31(35)39-26/h3-11,15-17,28H,1,12-14H2,2H3/b26-17-/t28-/m0/s1. The molecule has 0 unspecified atom stereocenters. The predicted octanol–water partition coefficient (Wildman–Crippen LogP) is 6.10. The molecule has 4 aromatic rings. The Morgan fingerprint density at radius 1 is 1.10 bits per heavy atom. The van der Waals surface area contributed by atoms with Crippen LogP contribution in [0.2, 0.25) is 0 Å². The number of nitrogens with zero attached hydrogens (tertiary/aromatic N) is 2. The second-order valence-electron chi connectivity index (χ2n) is 9.27. The summed E-state index contributed by atoms with van der Waals surface area (Å²) < 4.78 is 16.1. The molecule has 0 spiro atoms. The van der Waals surface area contributed by atoms with Crippen LogP contribution >= 0.6 is 56.5 Å². The molecule has 39 heavy (non-hydrogen) atoms. The molecule has 0 radical (unpaired) electrons. The first kappa shape index (κ1) is 26.5. The van der Waals surface area contributed by atoms with Crippen molar-refractivity contribution in [3.63, 3.8) is 0 Å². The lowest BCUT2D eigenvalue weighted by Gasteiger charge is -2.31. The van der Waals surface area contributed by atoms with Gasteiger partial charge in [0.25, 0.3) is 5.56 Å². The van der Waals surface area contributed by atoms with Gasteiger partial charge in [-0.3, -0.25) is 9.36 Å². The zero-order chi connectivity index (χ0) is 27.1. The van der Waals surface area contributed by atoms with E-state index in [1.807, 2.05) is 41.0 Å². The third-order valence-corrected chi connectivity index (χ3v) is 9.56. The van der Waals surface area contributed by atoms with Gasteiger partial charge in [-0.05, 0) is 99.0 Å². The van der Waals surface area contributed by atoms with Crippen molar-refractivity contribution in [3.05, 3.63) is 128 Å². The third kappa shape index (κ3) is 4.80. The number of fused-ring (bicyclic) bond motifs is 3. The van der Waals surface area contributed by atoms with E-state index in [4.69, 9.17) is 14.5 Å². The number of rotatable bonds is 6. The number of thiazole rings is 1. The Labute approximate surface area is 257 Å². The molecule has 0 saturated heterocycles. The molecule has 6 rings (SSSR count). The van der Waals surface area contributed by atoms with E-state index < -0.39 is 0 Å². The van der Waals surface area contributed by atoms with Crippen molar-refractivity contribution in [1.29, 1.82) is 0 Å². The Balaban J connectivity index is 1.57. The van der Waals surface area contributed by atoms with Crippen LogP contribution in [0.15, 0.2) is 88.7 Å². The lowest BCUT2D eigenvalue weighted by atomic mass is 9.83. The van der Waals surface area contributed by atoms with Gasteiger partial charge >= 0.3 is 0 Å². The normalized spacial score (nSPS) is 16.2. The molecule has 196 valence electrons. The topological polar surface area (TPSA) is 52.8 Å². The quantitative estimate of drug-likeness (QED) is 0.177. The van der Waals surface area contributed by atoms with Gasteiger partial charge in [0.15, 0.2) is 4.80 Å². The molecule has 0 N–H and O–H groups in total. The smallest absolute Gasteiger partial charge is 0.271 e. The monoisotopic (exact) mass is 758 g/mol. The van der Waals surface area contributed by atoms with E-state index in [1.165, 1.54) is 16.9 Å².